The fourth-order valence-electron chi connectivity index (χ4n) is 3.58. The van der Waals surface area contributed by atoms with Gasteiger partial charge in [0.25, 0.3) is 0 Å². The van der Waals surface area contributed by atoms with Crippen LogP contribution < -0.4 is 10.6 Å². The van der Waals surface area contributed by atoms with Gasteiger partial charge in [0.2, 0.25) is 0 Å². The van der Waals surface area contributed by atoms with Crippen LogP contribution >= 0.6 is 0 Å². The van der Waals surface area contributed by atoms with Crippen molar-refractivity contribution in [1.29, 1.82) is 0 Å². The van der Waals surface area contributed by atoms with Gasteiger partial charge in [0.15, 0.2) is 0 Å². The molecule has 32 heavy (non-hydrogen) atoms. The smallest absolute Gasteiger partial charge is 0.338 e. The van der Waals surface area contributed by atoms with Crippen LogP contribution in [0.15, 0.2) is 72.8 Å². The van der Waals surface area contributed by atoms with E-state index in [9.17, 15) is 9.59 Å². The first-order valence-electron chi connectivity index (χ1n) is 10.6. The fraction of sp³-hybridized carbons (Fsp3) is 0.154. The van der Waals surface area contributed by atoms with Gasteiger partial charge in [-0.1, -0.05) is 49.4 Å². The van der Waals surface area contributed by atoms with Gasteiger partial charge in [-0.05, 0) is 49.2 Å². The normalized spacial score (nSPS) is 10.7. The molecule has 0 bridgehead atoms. The molecule has 0 fully saturated rings. The monoisotopic (exact) mass is 427 g/mol. The van der Waals surface area contributed by atoms with E-state index in [0.717, 1.165) is 28.6 Å². The number of aromatic nitrogens is 1. The number of para-hydroxylation sites is 1. The number of hydrogen-bond acceptors (Lipinski definition) is 3. The number of urea groups is 1. The predicted molar refractivity (Wildman–Crippen MR) is 128 cm³/mol. The summed E-state index contributed by atoms with van der Waals surface area (Å²) in [5.74, 6) is -0.388. The Morgan fingerprint density at radius 2 is 1.59 bits per heavy atom. The number of ether oxygens (including phenoxy) is 1. The molecule has 0 unspecified atom stereocenters. The van der Waals surface area contributed by atoms with Crippen molar-refractivity contribution >= 4 is 34.3 Å². The third-order valence-corrected chi connectivity index (χ3v) is 5.25. The lowest BCUT2D eigenvalue weighted by Crippen LogP contribution is -2.19. The van der Waals surface area contributed by atoms with Crippen LogP contribution in [0.5, 0.6) is 0 Å². The Kier molecular flexibility index (Phi) is 6.22. The zero-order valence-electron chi connectivity index (χ0n) is 18.1. The number of nitrogens with one attached hydrogen (secondary N) is 3. The van der Waals surface area contributed by atoms with E-state index in [1.807, 2.05) is 24.3 Å². The van der Waals surface area contributed by atoms with Crippen LogP contribution in [0.1, 0.15) is 29.8 Å². The summed E-state index contributed by atoms with van der Waals surface area (Å²) in [6.07, 6.45) is 0.968. The van der Waals surface area contributed by atoms with Crippen LogP contribution in [0.2, 0.25) is 0 Å². The number of benzene rings is 3. The van der Waals surface area contributed by atoms with Crippen LogP contribution in [-0.2, 0) is 11.2 Å². The van der Waals surface area contributed by atoms with Crippen LogP contribution in [0.4, 0.5) is 16.2 Å². The van der Waals surface area contributed by atoms with E-state index < -0.39 is 0 Å². The highest BCUT2D eigenvalue weighted by Crippen LogP contribution is 2.35. The number of hydrogen-bond donors (Lipinski definition) is 3. The molecular weight excluding hydrogens is 402 g/mol. The Morgan fingerprint density at radius 3 is 2.28 bits per heavy atom. The molecule has 0 aliphatic carbocycles. The van der Waals surface area contributed by atoms with Gasteiger partial charge >= 0.3 is 12.0 Å². The molecule has 0 saturated carbocycles. The molecule has 4 rings (SSSR count). The third-order valence-electron chi connectivity index (χ3n) is 5.25. The van der Waals surface area contributed by atoms with Crippen molar-refractivity contribution in [1.82, 2.24) is 4.98 Å². The first-order chi connectivity index (χ1) is 15.6. The zero-order chi connectivity index (χ0) is 22.5. The van der Waals surface area contributed by atoms with E-state index in [1.165, 1.54) is 5.56 Å². The topological polar surface area (TPSA) is 83.2 Å². The number of esters is 1. The lowest BCUT2D eigenvalue weighted by atomic mass is 10.1. The number of fused-ring (bicyclic) bond motifs is 1. The Bertz CT molecular complexity index is 1240. The average Bonchev–Trinajstić information content (AvgIpc) is 3.18. The molecule has 6 nitrogen and oxygen atoms in total. The van der Waals surface area contributed by atoms with Crippen LogP contribution in [0.3, 0.4) is 0 Å². The second-order valence-corrected chi connectivity index (χ2v) is 7.35. The second-order valence-electron chi connectivity index (χ2n) is 7.35. The van der Waals surface area contributed by atoms with Gasteiger partial charge in [0.1, 0.15) is 0 Å². The molecule has 3 aromatic carbocycles. The molecule has 6 heteroatoms. The van der Waals surface area contributed by atoms with E-state index in [2.05, 4.69) is 46.8 Å². The largest absolute Gasteiger partial charge is 0.462 e. The molecule has 0 spiro atoms. The molecule has 0 atom stereocenters. The number of aromatic amines is 1. The average molecular weight is 428 g/mol. The maximum Gasteiger partial charge on any atom is 0.338 e. The lowest BCUT2D eigenvalue weighted by molar-refractivity contribution is 0.0526. The van der Waals surface area contributed by atoms with E-state index in [1.54, 1.807) is 31.2 Å². The van der Waals surface area contributed by atoms with Gasteiger partial charge in [0.05, 0.1) is 23.6 Å². The number of aryl methyl sites for hydroxylation is 1. The standard InChI is InChI=1S/C26H25N3O3/c1-3-17-9-11-18(12-10-17)23-24(21-7-5-6-8-22(21)28-23)29-26(31)27-20-15-13-19(14-16-20)25(30)32-4-2/h5-16,28H,3-4H2,1-2H3,(H2,27,29,31). The summed E-state index contributed by atoms with van der Waals surface area (Å²) >= 11 is 0. The summed E-state index contributed by atoms with van der Waals surface area (Å²) in [4.78, 5) is 28.0. The molecule has 0 aliphatic rings. The highest BCUT2D eigenvalue weighted by atomic mass is 16.5. The van der Waals surface area contributed by atoms with E-state index in [-0.39, 0.29) is 12.0 Å². The van der Waals surface area contributed by atoms with Crippen molar-refractivity contribution in [2.24, 2.45) is 0 Å². The van der Waals surface area contributed by atoms with Gasteiger partial charge in [0, 0.05) is 22.2 Å². The first kappa shape index (κ1) is 21.2. The molecule has 4 aromatic rings. The molecule has 2 amide bonds. The number of anilines is 2. The van der Waals surface area contributed by atoms with Gasteiger partial charge in [-0.25, -0.2) is 9.59 Å². The summed E-state index contributed by atoms with van der Waals surface area (Å²) in [7, 11) is 0. The maximum absolute atomic E-state index is 12.8. The molecular formula is C26H25N3O3. The Morgan fingerprint density at radius 1 is 0.875 bits per heavy atom. The summed E-state index contributed by atoms with van der Waals surface area (Å²) in [6.45, 7) is 4.19. The lowest BCUT2D eigenvalue weighted by Gasteiger charge is -2.10. The van der Waals surface area contributed by atoms with Crippen molar-refractivity contribution < 1.29 is 14.3 Å². The van der Waals surface area contributed by atoms with Crippen molar-refractivity contribution in [2.75, 3.05) is 17.2 Å². The molecule has 0 aliphatic heterocycles. The van der Waals surface area contributed by atoms with E-state index in [0.29, 0.717) is 23.5 Å². The quantitative estimate of drug-likeness (QED) is 0.320. The molecule has 162 valence electrons. The number of H-pyrrole nitrogens is 1. The van der Waals surface area contributed by atoms with Crippen molar-refractivity contribution in [3.63, 3.8) is 0 Å². The Hall–Kier alpha value is -4.06. The van der Waals surface area contributed by atoms with Crippen LogP contribution in [0.25, 0.3) is 22.2 Å². The zero-order valence-corrected chi connectivity index (χ0v) is 18.1. The van der Waals surface area contributed by atoms with Gasteiger partial charge < -0.3 is 20.4 Å². The molecule has 0 radical (unpaired) electrons. The second kappa shape index (κ2) is 9.39. The van der Waals surface area contributed by atoms with Gasteiger partial charge in [-0.3, -0.25) is 0 Å². The summed E-state index contributed by atoms with van der Waals surface area (Å²) in [5, 5.41) is 6.74. The molecule has 1 aromatic heterocycles. The molecule has 3 N–H and O–H groups in total. The minimum atomic E-state index is -0.388. The number of carbonyl (C=O) groups excluding carboxylic acids is 2. The third kappa shape index (κ3) is 4.49. The van der Waals surface area contributed by atoms with Crippen LogP contribution in [-0.4, -0.2) is 23.6 Å². The molecule has 0 saturated heterocycles. The predicted octanol–water partition coefficient (Wildman–Crippen LogP) is 6.22. The van der Waals surface area contributed by atoms with Crippen molar-refractivity contribution in [2.45, 2.75) is 20.3 Å². The van der Waals surface area contributed by atoms with Crippen molar-refractivity contribution in [3.8, 4) is 11.3 Å². The minimum Gasteiger partial charge on any atom is -0.462 e. The summed E-state index contributed by atoms with van der Waals surface area (Å²) < 4.78 is 4.99. The maximum atomic E-state index is 12.8. The van der Waals surface area contributed by atoms with Crippen molar-refractivity contribution in [3.05, 3.63) is 83.9 Å². The first-order valence-corrected chi connectivity index (χ1v) is 10.6. The van der Waals surface area contributed by atoms with Crippen LogP contribution in [0, 0.1) is 0 Å². The minimum absolute atomic E-state index is 0.315. The number of amides is 2. The Labute approximate surface area is 186 Å². The summed E-state index contributed by atoms with van der Waals surface area (Å²) in [5.41, 5.74) is 5.76. The summed E-state index contributed by atoms with van der Waals surface area (Å²) in [6, 6.07) is 22.4. The fourth-order valence-corrected chi connectivity index (χ4v) is 3.58. The van der Waals surface area contributed by atoms with E-state index in [4.69, 9.17) is 4.74 Å². The highest BCUT2D eigenvalue weighted by Gasteiger charge is 2.16. The van der Waals surface area contributed by atoms with Gasteiger partial charge in [-0.15, -0.1) is 0 Å². The number of rotatable bonds is 6. The molecule has 1 heterocycles. The highest BCUT2D eigenvalue weighted by molar-refractivity contribution is 6.10. The number of carbonyl (C=O) groups is 2. The Balaban J connectivity index is 1.58. The van der Waals surface area contributed by atoms with E-state index >= 15 is 0 Å². The SMILES string of the molecule is CCOC(=O)c1ccc(NC(=O)Nc2c(-c3ccc(CC)cc3)[nH]c3ccccc23)cc1. The van der Waals surface area contributed by atoms with Gasteiger partial charge in [-0.2, -0.15) is 0 Å².